The lowest BCUT2D eigenvalue weighted by Gasteiger charge is -2.10. The molecule has 0 atom stereocenters. The van der Waals surface area contributed by atoms with Crippen LogP contribution in [-0.4, -0.2) is 32.0 Å². The Bertz CT molecular complexity index is 1280. The molecule has 4 rings (SSSR count). The van der Waals surface area contributed by atoms with Gasteiger partial charge in [-0.15, -0.1) is 0 Å². The number of fused-ring (bicyclic) bond motifs is 1. The summed E-state index contributed by atoms with van der Waals surface area (Å²) in [6, 6.07) is 23.2. The lowest BCUT2D eigenvalue weighted by molar-refractivity contribution is -0.118. The zero-order chi connectivity index (χ0) is 23.2. The Kier molecular flexibility index (Phi) is 7.10. The predicted octanol–water partition coefficient (Wildman–Crippen LogP) is 5.12. The third-order valence-corrected chi connectivity index (χ3v) is 6.24. The van der Waals surface area contributed by atoms with Crippen molar-refractivity contribution in [3.63, 3.8) is 0 Å². The number of carbonyl (C=O) groups is 1. The Labute approximate surface area is 197 Å². The van der Waals surface area contributed by atoms with E-state index in [1.807, 2.05) is 25.1 Å². The van der Waals surface area contributed by atoms with Crippen LogP contribution in [0.15, 0.2) is 83.1 Å². The number of hydrogen-bond acceptors (Lipinski definition) is 5. The fraction of sp³-hybridized carbons (Fsp3) is 0.192. The number of aryl methyl sites for hydroxylation is 1. The Morgan fingerprint density at radius 1 is 1.06 bits per heavy atom. The van der Waals surface area contributed by atoms with Crippen LogP contribution in [0.3, 0.4) is 0 Å². The molecule has 0 radical (unpaired) electrons. The van der Waals surface area contributed by atoms with Crippen LogP contribution < -0.4 is 5.43 Å². The van der Waals surface area contributed by atoms with Crippen molar-refractivity contribution >= 4 is 34.4 Å². The van der Waals surface area contributed by atoms with E-state index in [9.17, 15) is 9.90 Å². The number of nitrogens with one attached hydrogen (secondary N) is 1. The number of phenolic OH excluding ortho intramolecular Hbond substituents is 1. The van der Waals surface area contributed by atoms with Crippen LogP contribution in [0.2, 0.25) is 0 Å². The van der Waals surface area contributed by atoms with Crippen LogP contribution in [0.5, 0.6) is 5.75 Å². The number of hydrazone groups is 1. The first kappa shape index (κ1) is 22.6. The molecule has 1 heterocycles. The summed E-state index contributed by atoms with van der Waals surface area (Å²) in [5.74, 6) is 0.203. The minimum atomic E-state index is -0.196. The molecule has 1 aromatic heterocycles. The van der Waals surface area contributed by atoms with E-state index >= 15 is 0 Å². The summed E-state index contributed by atoms with van der Waals surface area (Å²) in [7, 11) is 0. The van der Waals surface area contributed by atoms with Gasteiger partial charge in [0.2, 0.25) is 0 Å². The van der Waals surface area contributed by atoms with Gasteiger partial charge in [0.25, 0.3) is 5.91 Å². The molecule has 168 valence electrons. The van der Waals surface area contributed by atoms with E-state index in [4.69, 9.17) is 4.98 Å². The molecule has 0 aliphatic carbocycles. The highest BCUT2D eigenvalue weighted by molar-refractivity contribution is 7.99. The number of benzene rings is 3. The maximum Gasteiger partial charge on any atom is 0.250 e. The van der Waals surface area contributed by atoms with Gasteiger partial charge in [-0.2, -0.15) is 5.10 Å². The maximum absolute atomic E-state index is 12.5. The van der Waals surface area contributed by atoms with Gasteiger partial charge < -0.3 is 9.67 Å². The largest absolute Gasteiger partial charge is 0.508 e. The van der Waals surface area contributed by atoms with Gasteiger partial charge >= 0.3 is 0 Å². The number of hydrogen-bond donors (Lipinski definition) is 2. The highest BCUT2D eigenvalue weighted by Crippen LogP contribution is 2.25. The molecule has 0 unspecified atom stereocenters. The lowest BCUT2D eigenvalue weighted by atomic mass is 10.1. The van der Waals surface area contributed by atoms with Gasteiger partial charge in [0, 0.05) is 0 Å². The monoisotopic (exact) mass is 458 g/mol. The number of amides is 1. The number of aromatic nitrogens is 2. The standard InChI is InChI=1S/C26H26N4O2S/c1-3-22(20-12-14-21(31)15-13-20)28-29-25(32)17-33-26-27-23-6-4-5-7-24(23)30(26)16-19-10-8-18(2)9-11-19/h4-15,31H,3,16-17H2,1-2H3,(H,29,32)/b28-22-. The first-order valence-electron chi connectivity index (χ1n) is 10.8. The Morgan fingerprint density at radius 3 is 2.52 bits per heavy atom. The van der Waals surface area contributed by atoms with E-state index in [1.165, 1.54) is 22.9 Å². The molecule has 7 heteroatoms. The van der Waals surface area contributed by atoms with E-state index in [-0.39, 0.29) is 17.4 Å². The molecule has 1 amide bonds. The highest BCUT2D eigenvalue weighted by Gasteiger charge is 2.13. The van der Waals surface area contributed by atoms with Crippen LogP contribution in [0, 0.1) is 6.92 Å². The second-order valence-corrected chi connectivity index (χ2v) is 8.68. The number of para-hydroxylation sites is 2. The molecule has 6 nitrogen and oxygen atoms in total. The molecule has 33 heavy (non-hydrogen) atoms. The van der Waals surface area contributed by atoms with Crippen molar-refractivity contribution in [2.24, 2.45) is 5.10 Å². The number of rotatable bonds is 8. The van der Waals surface area contributed by atoms with Crippen LogP contribution in [0.4, 0.5) is 0 Å². The second-order valence-electron chi connectivity index (χ2n) is 7.74. The second kappa shape index (κ2) is 10.4. The summed E-state index contributed by atoms with van der Waals surface area (Å²) in [5.41, 5.74) is 8.62. The van der Waals surface area contributed by atoms with Crippen molar-refractivity contribution < 1.29 is 9.90 Å². The van der Waals surface area contributed by atoms with Crippen molar-refractivity contribution in [3.8, 4) is 5.75 Å². The van der Waals surface area contributed by atoms with Gasteiger partial charge in [-0.05, 0) is 60.9 Å². The van der Waals surface area contributed by atoms with Gasteiger partial charge in [-0.3, -0.25) is 4.79 Å². The average molecular weight is 459 g/mol. The Morgan fingerprint density at radius 2 is 1.79 bits per heavy atom. The summed E-state index contributed by atoms with van der Waals surface area (Å²) in [5, 5.41) is 14.6. The minimum Gasteiger partial charge on any atom is -0.508 e. The molecule has 0 saturated heterocycles. The zero-order valence-electron chi connectivity index (χ0n) is 18.7. The van der Waals surface area contributed by atoms with E-state index < -0.39 is 0 Å². The van der Waals surface area contributed by atoms with Crippen molar-refractivity contribution in [2.75, 3.05) is 5.75 Å². The van der Waals surface area contributed by atoms with E-state index in [1.54, 1.807) is 24.3 Å². The van der Waals surface area contributed by atoms with Crippen LogP contribution in [0.25, 0.3) is 11.0 Å². The van der Waals surface area contributed by atoms with Crippen molar-refractivity contribution in [1.82, 2.24) is 15.0 Å². The number of thioether (sulfide) groups is 1. The molecule has 2 N–H and O–H groups in total. The Hall–Kier alpha value is -3.58. The topological polar surface area (TPSA) is 79.5 Å². The predicted molar refractivity (Wildman–Crippen MR) is 134 cm³/mol. The summed E-state index contributed by atoms with van der Waals surface area (Å²) in [4.78, 5) is 17.3. The molecular formula is C26H26N4O2S. The van der Waals surface area contributed by atoms with E-state index in [2.05, 4.69) is 52.3 Å². The fourth-order valence-electron chi connectivity index (χ4n) is 3.49. The number of carbonyl (C=O) groups excluding carboxylic acids is 1. The first-order chi connectivity index (χ1) is 16.0. The third kappa shape index (κ3) is 5.62. The summed E-state index contributed by atoms with van der Waals surface area (Å²) in [6.07, 6.45) is 0.657. The normalized spacial score (nSPS) is 11.6. The molecule has 3 aromatic carbocycles. The van der Waals surface area contributed by atoms with Gasteiger partial charge in [0.05, 0.1) is 29.0 Å². The molecule has 0 fully saturated rings. The van der Waals surface area contributed by atoms with Crippen molar-refractivity contribution in [1.29, 1.82) is 0 Å². The summed E-state index contributed by atoms with van der Waals surface area (Å²) >= 11 is 1.40. The maximum atomic E-state index is 12.5. The smallest absolute Gasteiger partial charge is 0.250 e. The highest BCUT2D eigenvalue weighted by atomic mass is 32.2. The SMILES string of the molecule is CC/C(=N/NC(=O)CSc1nc2ccccc2n1Cc1ccc(C)cc1)c1ccc(O)cc1. The van der Waals surface area contributed by atoms with Gasteiger partial charge in [-0.1, -0.05) is 60.6 Å². The number of aromatic hydroxyl groups is 1. The molecule has 0 aliphatic heterocycles. The number of nitrogens with zero attached hydrogens (tertiary/aromatic N) is 3. The fourth-order valence-corrected chi connectivity index (χ4v) is 4.29. The first-order valence-corrected chi connectivity index (χ1v) is 11.8. The van der Waals surface area contributed by atoms with Crippen molar-refractivity contribution in [3.05, 3.63) is 89.5 Å². The zero-order valence-corrected chi connectivity index (χ0v) is 19.5. The van der Waals surface area contributed by atoms with Gasteiger partial charge in [0.15, 0.2) is 5.16 Å². The van der Waals surface area contributed by atoms with Crippen LogP contribution in [-0.2, 0) is 11.3 Å². The quantitative estimate of drug-likeness (QED) is 0.218. The molecular weight excluding hydrogens is 432 g/mol. The molecule has 0 bridgehead atoms. The summed E-state index contributed by atoms with van der Waals surface area (Å²) < 4.78 is 2.15. The molecule has 0 saturated carbocycles. The molecule has 4 aromatic rings. The average Bonchev–Trinajstić information content (AvgIpc) is 3.18. The van der Waals surface area contributed by atoms with Crippen LogP contribution >= 0.6 is 11.8 Å². The van der Waals surface area contributed by atoms with Crippen LogP contribution in [0.1, 0.15) is 30.0 Å². The van der Waals surface area contributed by atoms with Gasteiger partial charge in [-0.25, -0.2) is 10.4 Å². The van der Waals surface area contributed by atoms with Crippen molar-refractivity contribution in [2.45, 2.75) is 32.0 Å². The Balaban J connectivity index is 1.47. The van der Waals surface area contributed by atoms with Gasteiger partial charge in [0.1, 0.15) is 5.75 Å². The third-order valence-electron chi connectivity index (χ3n) is 5.26. The van der Waals surface area contributed by atoms with E-state index in [0.29, 0.717) is 13.0 Å². The lowest BCUT2D eigenvalue weighted by Crippen LogP contribution is -2.22. The minimum absolute atomic E-state index is 0.196. The molecule has 0 spiro atoms. The van der Waals surface area contributed by atoms with E-state index in [0.717, 1.165) is 27.5 Å². The molecule has 0 aliphatic rings. The number of phenols is 1. The number of imidazole rings is 1. The summed E-state index contributed by atoms with van der Waals surface area (Å²) in [6.45, 7) is 4.73.